The molecule has 0 fully saturated rings. The van der Waals surface area contributed by atoms with Crippen molar-refractivity contribution < 1.29 is 14.6 Å². The lowest BCUT2D eigenvalue weighted by Gasteiger charge is -2.23. The van der Waals surface area contributed by atoms with Gasteiger partial charge in [-0.1, -0.05) is 29.8 Å². The van der Waals surface area contributed by atoms with E-state index in [9.17, 15) is 9.90 Å². The van der Waals surface area contributed by atoms with Crippen molar-refractivity contribution in [2.75, 3.05) is 19.1 Å². The second-order valence-electron chi connectivity index (χ2n) is 4.17. The number of ether oxygens (including phenoxy) is 1. The van der Waals surface area contributed by atoms with Gasteiger partial charge >= 0.3 is 5.97 Å². The molecule has 2 aromatic carbocycles. The Hall–Kier alpha value is -2.20. The standard InChI is InChI=1S/C15H14ClNO3/c1-17(11-7-3-4-9-13(11)20-2)12-8-5-6-10(16)14(12)15(18)19/h3-9H,1-2H3,(H,18,19). The molecule has 1 N–H and O–H groups in total. The number of benzene rings is 2. The minimum atomic E-state index is -1.06. The molecule has 2 rings (SSSR count). The number of carbonyl (C=O) groups is 1. The van der Waals surface area contributed by atoms with Gasteiger partial charge in [0, 0.05) is 7.05 Å². The highest BCUT2D eigenvalue weighted by molar-refractivity contribution is 6.34. The summed E-state index contributed by atoms with van der Waals surface area (Å²) in [5.74, 6) is -0.404. The summed E-state index contributed by atoms with van der Waals surface area (Å²) in [5.41, 5.74) is 1.34. The molecule has 0 saturated carbocycles. The van der Waals surface area contributed by atoms with Crippen molar-refractivity contribution in [3.63, 3.8) is 0 Å². The van der Waals surface area contributed by atoms with Crippen molar-refractivity contribution in [3.8, 4) is 5.75 Å². The van der Waals surface area contributed by atoms with Crippen LogP contribution in [0.4, 0.5) is 11.4 Å². The Bertz CT molecular complexity index is 643. The zero-order valence-corrected chi connectivity index (χ0v) is 11.9. The van der Waals surface area contributed by atoms with Crippen molar-refractivity contribution in [2.24, 2.45) is 0 Å². The molecule has 2 aromatic rings. The van der Waals surface area contributed by atoms with Crippen molar-refractivity contribution >= 4 is 28.9 Å². The first-order valence-corrected chi connectivity index (χ1v) is 6.32. The molecule has 0 saturated heterocycles. The van der Waals surface area contributed by atoms with E-state index < -0.39 is 5.97 Å². The number of aromatic carboxylic acids is 1. The van der Waals surface area contributed by atoms with E-state index in [1.807, 2.05) is 24.3 Å². The van der Waals surface area contributed by atoms with E-state index in [0.717, 1.165) is 5.69 Å². The lowest BCUT2D eigenvalue weighted by atomic mass is 10.1. The van der Waals surface area contributed by atoms with Crippen molar-refractivity contribution in [2.45, 2.75) is 0 Å². The number of hydrogen-bond acceptors (Lipinski definition) is 3. The maximum Gasteiger partial charge on any atom is 0.339 e. The summed E-state index contributed by atoms with van der Waals surface area (Å²) in [6.07, 6.45) is 0. The second kappa shape index (κ2) is 5.84. The Morgan fingerprint density at radius 3 is 2.45 bits per heavy atom. The number of halogens is 1. The van der Waals surface area contributed by atoms with Gasteiger partial charge in [0.15, 0.2) is 0 Å². The van der Waals surface area contributed by atoms with Gasteiger partial charge in [0.25, 0.3) is 0 Å². The Labute approximate surface area is 122 Å². The fourth-order valence-electron chi connectivity index (χ4n) is 2.04. The van der Waals surface area contributed by atoms with E-state index in [4.69, 9.17) is 16.3 Å². The summed E-state index contributed by atoms with van der Waals surface area (Å²) in [7, 11) is 3.35. The molecule has 20 heavy (non-hydrogen) atoms. The monoisotopic (exact) mass is 291 g/mol. The van der Waals surface area contributed by atoms with Crippen LogP contribution in [0.2, 0.25) is 5.02 Å². The smallest absolute Gasteiger partial charge is 0.339 e. The largest absolute Gasteiger partial charge is 0.495 e. The van der Waals surface area contributed by atoms with Crippen LogP contribution >= 0.6 is 11.6 Å². The first kappa shape index (κ1) is 14.2. The van der Waals surface area contributed by atoms with Crippen LogP contribution in [0, 0.1) is 0 Å². The minimum absolute atomic E-state index is 0.0718. The molecule has 0 spiro atoms. The molecule has 0 atom stereocenters. The Kier molecular flexibility index (Phi) is 4.15. The molecule has 0 aromatic heterocycles. The number of hydrogen-bond donors (Lipinski definition) is 1. The summed E-state index contributed by atoms with van der Waals surface area (Å²) in [6, 6.07) is 12.4. The van der Waals surface area contributed by atoms with Crippen LogP contribution in [0.5, 0.6) is 5.75 Å². The van der Waals surface area contributed by atoms with Crippen molar-refractivity contribution in [1.82, 2.24) is 0 Å². The Morgan fingerprint density at radius 2 is 1.80 bits per heavy atom. The number of rotatable bonds is 4. The summed E-state index contributed by atoms with van der Waals surface area (Å²) in [4.78, 5) is 13.1. The summed E-state index contributed by atoms with van der Waals surface area (Å²) < 4.78 is 5.30. The lowest BCUT2D eigenvalue weighted by molar-refractivity contribution is 0.0698. The molecular weight excluding hydrogens is 278 g/mol. The van der Waals surface area contributed by atoms with Gasteiger partial charge in [-0.3, -0.25) is 0 Å². The first-order chi connectivity index (χ1) is 9.56. The second-order valence-corrected chi connectivity index (χ2v) is 4.58. The maximum absolute atomic E-state index is 11.4. The molecule has 0 amide bonds. The van der Waals surface area contributed by atoms with Crippen LogP contribution < -0.4 is 9.64 Å². The lowest BCUT2D eigenvalue weighted by Crippen LogP contribution is -2.15. The molecule has 0 unspecified atom stereocenters. The minimum Gasteiger partial charge on any atom is -0.495 e. The quantitative estimate of drug-likeness (QED) is 0.930. The Morgan fingerprint density at radius 1 is 1.15 bits per heavy atom. The fourth-order valence-corrected chi connectivity index (χ4v) is 2.29. The van der Waals surface area contributed by atoms with Crippen LogP contribution in [0.3, 0.4) is 0 Å². The van der Waals surface area contributed by atoms with E-state index in [1.54, 1.807) is 37.3 Å². The van der Waals surface area contributed by atoms with Crippen LogP contribution in [-0.2, 0) is 0 Å². The number of para-hydroxylation sites is 2. The van der Waals surface area contributed by atoms with Gasteiger partial charge in [-0.25, -0.2) is 4.79 Å². The zero-order chi connectivity index (χ0) is 14.7. The van der Waals surface area contributed by atoms with E-state index in [2.05, 4.69) is 0 Å². The molecule has 5 heteroatoms. The average Bonchev–Trinajstić information content (AvgIpc) is 2.45. The predicted octanol–water partition coefficient (Wildman–Crippen LogP) is 3.81. The van der Waals surface area contributed by atoms with Crippen LogP contribution in [-0.4, -0.2) is 25.2 Å². The summed E-state index contributed by atoms with van der Waals surface area (Å²) in [6.45, 7) is 0. The number of nitrogens with zero attached hydrogens (tertiary/aromatic N) is 1. The van der Waals surface area contributed by atoms with Crippen molar-refractivity contribution in [3.05, 3.63) is 53.1 Å². The van der Waals surface area contributed by atoms with Gasteiger partial charge < -0.3 is 14.7 Å². The third kappa shape index (κ3) is 2.56. The van der Waals surface area contributed by atoms with Gasteiger partial charge in [0.2, 0.25) is 0 Å². The zero-order valence-electron chi connectivity index (χ0n) is 11.1. The number of carboxylic acids is 1. The van der Waals surface area contributed by atoms with Crippen LogP contribution in [0.1, 0.15) is 10.4 Å². The third-order valence-corrected chi connectivity index (χ3v) is 3.33. The summed E-state index contributed by atoms with van der Waals surface area (Å²) >= 11 is 5.99. The first-order valence-electron chi connectivity index (χ1n) is 5.94. The highest BCUT2D eigenvalue weighted by atomic mass is 35.5. The van der Waals surface area contributed by atoms with Crippen LogP contribution in [0.25, 0.3) is 0 Å². The van der Waals surface area contributed by atoms with E-state index >= 15 is 0 Å². The van der Waals surface area contributed by atoms with Crippen molar-refractivity contribution in [1.29, 1.82) is 0 Å². The van der Waals surface area contributed by atoms with E-state index in [0.29, 0.717) is 11.4 Å². The number of methoxy groups -OCH3 is 1. The molecule has 0 aliphatic carbocycles. The van der Waals surface area contributed by atoms with E-state index in [1.165, 1.54) is 0 Å². The van der Waals surface area contributed by atoms with Gasteiger partial charge in [0.05, 0.1) is 23.5 Å². The van der Waals surface area contributed by atoms with Gasteiger partial charge in [0.1, 0.15) is 11.3 Å². The molecule has 0 heterocycles. The number of anilines is 2. The third-order valence-electron chi connectivity index (χ3n) is 3.01. The molecule has 0 radical (unpaired) electrons. The van der Waals surface area contributed by atoms with Gasteiger partial charge in [-0.2, -0.15) is 0 Å². The molecule has 104 valence electrons. The topological polar surface area (TPSA) is 49.8 Å². The van der Waals surface area contributed by atoms with Gasteiger partial charge in [-0.15, -0.1) is 0 Å². The predicted molar refractivity (Wildman–Crippen MR) is 79.5 cm³/mol. The molecule has 0 aliphatic rings. The normalized spacial score (nSPS) is 10.2. The molecular formula is C15H14ClNO3. The van der Waals surface area contributed by atoms with E-state index in [-0.39, 0.29) is 10.6 Å². The Balaban J connectivity index is 2.57. The highest BCUT2D eigenvalue weighted by Crippen LogP contribution is 2.36. The maximum atomic E-state index is 11.4. The summed E-state index contributed by atoms with van der Waals surface area (Å²) in [5, 5.41) is 9.53. The average molecular weight is 292 g/mol. The molecule has 0 aliphatic heterocycles. The number of carboxylic acid groups (broad SMARTS) is 1. The SMILES string of the molecule is COc1ccccc1N(C)c1cccc(Cl)c1C(=O)O. The molecule has 4 nitrogen and oxygen atoms in total. The van der Waals surface area contributed by atoms with Crippen LogP contribution in [0.15, 0.2) is 42.5 Å². The highest BCUT2D eigenvalue weighted by Gasteiger charge is 2.19. The van der Waals surface area contributed by atoms with Gasteiger partial charge in [-0.05, 0) is 24.3 Å². The fraction of sp³-hybridized carbons (Fsp3) is 0.133. The molecule has 0 bridgehead atoms.